The average Bonchev–Trinajstić information content (AvgIpc) is 2.85. The molecule has 0 fully saturated rings. The second-order valence-electron chi connectivity index (χ2n) is 4.85. The van der Waals surface area contributed by atoms with E-state index in [1.165, 1.54) is 0 Å². The molecule has 2 N–H and O–H groups in total. The Morgan fingerprint density at radius 3 is 2.67 bits per heavy atom. The SMILES string of the molecule is CCn1c(C(N)c2ccc(Cl)cc2Cl)nc2ccccc21. The number of para-hydroxylation sites is 2. The van der Waals surface area contributed by atoms with E-state index in [4.69, 9.17) is 28.9 Å². The second-order valence-corrected chi connectivity index (χ2v) is 5.69. The molecule has 0 amide bonds. The zero-order valence-electron chi connectivity index (χ0n) is 11.6. The van der Waals surface area contributed by atoms with E-state index in [0.717, 1.165) is 29.0 Å². The molecule has 108 valence electrons. The number of benzene rings is 2. The molecule has 0 aliphatic carbocycles. The maximum Gasteiger partial charge on any atom is 0.131 e. The van der Waals surface area contributed by atoms with Crippen LogP contribution in [0.15, 0.2) is 42.5 Å². The monoisotopic (exact) mass is 319 g/mol. The van der Waals surface area contributed by atoms with Crippen molar-refractivity contribution in [3.8, 4) is 0 Å². The van der Waals surface area contributed by atoms with Crippen LogP contribution in [-0.4, -0.2) is 9.55 Å². The number of nitrogens with two attached hydrogens (primary N) is 1. The van der Waals surface area contributed by atoms with Crippen LogP contribution in [0, 0.1) is 0 Å². The van der Waals surface area contributed by atoms with Crippen LogP contribution in [0.2, 0.25) is 10.0 Å². The van der Waals surface area contributed by atoms with Crippen LogP contribution in [0.4, 0.5) is 0 Å². The fourth-order valence-corrected chi connectivity index (χ4v) is 3.08. The minimum absolute atomic E-state index is 0.387. The molecule has 0 bridgehead atoms. The Morgan fingerprint density at radius 1 is 1.19 bits per heavy atom. The van der Waals surface area contributed by atoms with Gasteiger partial charge in [0.1, 0.15) is 5.82 Å². The Hall–Kier alpha value is -1.55. The predicted octanol–water partition coefficient (Wildman–Crippen LogP) is 4.41. The van der Waals surface area contributed by atoms with E-state index in [-0.39, 0.29) is 6.04 Å². The zero-order chi connectivity index (χ0) is 15.0. The van der Waals surface area contributed by atoms with Gasteiger partial charge in [-0.15, -0.1) is 0 Å². The van der Waals surface area contributed by atoms with Crippen LogP contribution in [0.25, 0.3) is 11.0 Å². The quantitative estimate of drug-likeness (QED) is 0.777. The first-order valence-electron chi connectivity index (χ1n) is 6.77. The lowest BCUT2D eigenvalue weighted by molar-refractivity contribution is 0.671. The smallest absolute Gasteiger partial charge is 0.131 e. The van der Waals surface area contributed by atoms with Crippen molar-refractivity contribution in [3.63, 3.8) is 0 Å². The average molecular weight is 320 g/mol. The standard InChI is InChI=1S/C16H15Cl2N3/c1-2-21-14-6-4-3-5-13(14)20-16(21)15(19)11-8-7-10(17)9-12(11)18/h3-9,15H,2,19H2,1H3. The molecule has 3 nitrogen and oxygen atoms in total. The molecule has 0 saturated carbocycles. The highest BCUT2D eigenvalue weighted by atomic mass is 35.5. The van der Waals surface area contributed by atoms with Crippen molar-refractivity contribution in [2.24, 2.45) is 5.73 Å². The van der Waals surface area contributed by atoms with Crippen LogP contribution in [0.1, 0.15) is 24.4 Å². The van der Waals surface area contributed by atoms with Crippen LogP contribution < -0.4 is 5.73 Å². The van der Waals surface area contributed by atoms with E-state index < -0.39 is 0 Å². The minimum atomic E-state index is -0.387. The summed E-state index contributed by atoms with van der Waals surface area (Å²) in [6.07, 6.45) is 0. The third kappa shape index (κ3) is 2.53. The first-order valence-corrected chi connectivity index (χ1v) is 7.53. The van der Waals surface area contributed by atoms with E-state index in [0.29, 0.717) is 10.0 Å². The Bertz CT molecular complexity index is 795. The molecule has 1 atom stereocenters. The third-order valence-corrected chi connectivity index (χ3v) is 4.14. The number of fused-ring (bicyclic) bond motifs is 1. The number of hydrogen-bond acceptors (Lipinski definition) is 2. The lowest BCUT2D eigenvalue weighted by atomic mass is 10.1. The van der Waals surface area contributed by atoms with Crippen molar-refractivity contribution < 1.29 is 0 Å². The molecule has 0 aliphatic heterocycles. The Labute approximate surface area is 133 Å². The molecule has 2 aromatic carbocycles. The molecular weight excluding hydrogens is 305 g/mol. The molecule has 0 spiro atoms. The number of aryl methyl sites for hydroxylation is 1. The molecule has 3 rings (SSSR count). The summed E-state index contributed by atoms with van der Waals surface area (Å²) in [5.41, 5.74) is 9.24. The first-order chi connectivity index (χ1) is 10.1. The Morgan fingerprint density at radius 2 is 1.95 bits per heavy atom. The molecular formula is C16H15Cl2N3. The highest BCUT2D eigenvalue weighted by molar-refractivity contribution is 6.35. The van der Waals surface area contributed by atoms with Gasteiger partial charge in [-0.05, 0) is 36.8 Å². The molecule has 0 aliphatic rings. The Balaban J connectivity index is 2.15. The van der Waals surface area contributed by atoms with Crippen molar-refractivity contribution in [3.05, 3.63) is 63.9 Å². The highest BCUT2D eigenvalue weighted by Crippen LogP contribution is 2.30. The van der Waals surface area contributed by atoms with Gasteiger partial charge in [0.15, 0.2) is 0 Å². The van der Waals surface area contributed by atoms with Crippen molar-refractivity contribution in [1.29, 1.82) is 0 Å². The maximum atomic E-state index is 6.40. The Kier molecular flexibility index (Phi) is 3.89. The van der Waals surface area contributed by atoms with Crippen molar-refractivity contribution in [2.45, 2.75) is 19.5 Å². The lowest BCUT2D eigenvalue weighted by Crippen LogP contribution is -2.18. The number of hydrogen-bond donors (Lipinski definition) is 1. The third-order valence-electron chi connectivity index (χ3n) is 3.58. The van der Waals surface area contributed by atoms with Gasteiger partial charge < -0.3 is 10.3 Å². The van der Waals surface area contributed by atoms with Gasteiger partial charge in [-0.1, -0.05) is 41.4 Å². The topological polar surface area (TPSA) is 43.8 Å². The molecule has 1 unspecified atom stereocenters. The van der Waals surface area contributed by atoms with Gasteiger partial charge in [0.25, 0.3) is 0 Å². The second kappa shape index (κ2) is 5.68. The summed E-state index contributed by atoms with van der Waals surface area (Å²) in [6, 6.07) is 13.0. The van der Waals surface area contributed by atoms with E-state index in [2.05, 4.69) is 16.5 Å². The molecule has 3 aromatic rings. The van der Waals surface area contributed by atoms with Crippen molar-refractivity contribution in [1.82, 2.24) is 9.55 Å². The summed E-state index contributed by atoms with van der Waals surface area (Å²) in [5.74, 6) is 0.808. The van der Waals surface area contributed by atoms with Gasteiger partial charge in [-0.2, -0.15) is 0 Å². The summed E-state index contributed by atoms with van der Waals surface area (Å²) >= 11 is 12.2. The zero-order valence-corrected chi connectivity index (χ0v) is 13.1. The van der Waals surface area contributed by atoms with Crippen LogP contribution in [0.3, 0.4) is 0 Å². The summed E-state index contributed by atoms with van der Waals surface area (Å²) in [6.45, 7) is 2.88. The number of rotatable bonds is 3. The number of nitrogens with zero attached hydrogens (tertiary/aromatic N) is 2. The number of halogens is 2. The number of imidazole rings is 1. The predicted molar refractivity (Wildman–Crippen MR) is 87.9 cm³/mol. The van der Waals surface area contributed by atoms with Gasteiger partial charge >= 0.3 is 0 Å². The first kappa shape index (κ1) is 14.4. The molecule has 1 heterocycles. The molecule has 5 heteroatoms. The summed E-state index contributed by atoms with van der Waals surface area (Å²) in [4.78, 5) is 4.67. The van der Waals surface area contributed by atoms with Crippen LogP contribution in [-0.2, 0) is 6.54 Å². The van der Waals surface area contributed by atoms with E-state index >= 15 is 0 Å². The van der Waals surface area contributed by atoms with Crippen LogP contribution in [0.5, 0.6) is 0 Å². The van der Waals surface area contributed by atoms with Gasteiger partial charge in [0, 0.05) is 16.6 Å². The van der Waals surface area contributed by atoms with E-state index in [1.54, 1.807) is 12.1 Å². The van der Waals surface area contributed by atoms with Gasteiger partial charge in [-0.25, -0.2) is 4.98 Å². The summed E-state index contributed by atoms with van der Waals surface area (Å²) in [7, 11) is 0. The van der Waals surface area contributed by atoms with Crippen molar-refractivity contribution >= 4 is 34.2 Å². The molecule has 0 saturated heterocycles. The largest absolute Gasteiger partial charge is 0.327 e. The van der Waals surface area contributed by atoms with Gasteiger partial charge in [0.2, 0.25) is 0 Å². The van der Waals surface area contributed by atoms with Crippen molar-refractivity contribution in [2.75, 3.05) is 0 Å². The molecule has 21 heavy (non-hydrogen) atoms. The lowest BCUT2D eigenvalue weighted by Gasteiger charge is -2.15. The molecule has 1 aromatic heterocycles. The van der Waals surface area contributed by atoms with Crippen LogP contribution >= 0.6 is 23.2 Å². The maximum absolute atomic E-state index is 6.40. The highest BCUT2D eigenvalue weighted by Gasteiger charge is 2.19. The van der Waals surface area contributed by atoms with Gasteiger partial charge in [-0.3, -0.25) is 0 Å². The number of aromatic nitrogens is 2. The van der Waals surface area contributed by atoms with E-state index in [9.17, 15) is 0 Å². The van der Waals surface area contributed by atoms with E-state index in [1.807, 2.05) is 30.3 Å². The normalized spacial score (nSPS) is 12.8. The fraction of sp³-hybridized carbons (Fsp3) is 0.188. The summed E-state index contributed by atoms with van der Waals surface area (Å²) in [5, 5.41) is 1.16. The minimum Gasteiger partial charge on any atom is -0.327 e. The van der Waals surface area contributed by atoms with Gasteiger partial charge in [0.05, 0.1) is 17.1 Å². The fourth-order valence-electron chi connectivity index (χ4n) is 2.56. The summed E-state index contributed by atoms with van der Waals surface area (Å²) < 4.78 is 2.12. The molecule has 0 radical (unpaired) electrons.